The highest BCUT2D eigenvalue weighted by Gasteiger charge is 2.24. The summed E-state index contributed by atoms with van der Waals surface area (Å²) in [6, 6.07) is 4.82. The lowest BCUT2D eigenvalue weighted by Crippen LogP contribution is -2.40. The van der Waals surface area contributed by atoms with Crippen LogP contribution in [0.1, 0.15) is 26.3 Å². The first-order chi connectivity index (χ1) is 11.0. The molecule has 3 N–H and O–H groups in total. The van der Waals surface area contributed by atoms with Gasteiger partial charge in [0.15, 0.2) is 0 Å². The Hall–Kier alpha value is -1.19. The molecular weight excluding hydrogens is 366 g/mol. The average molecular weight is 394 g/mol. The Kier molecular flexibility index (Phi) is 9.60. The molecule has 7 nitrogen and oxygen atoms in total. The van der Waals surface area contributed by atoms with Crippen LogP contribution in [0.3, 0.4) is 0 Å². The number of nitrogens with one attached hydrogen (secondary N) is 3. The van der Waals surface area contributed by atoms with Crippen molar-refractivity contribution in [3.05, 3.63) is 23.8 Å². The lowest BCUT2D eigenvalue weighted by Gasteiger charge is -2.21. The highest BCUT2D eigenvalue weighted by molar-refractivity contribution is 7.89. The summed E-state index contributed by atoms with van der Waals surface area (Å²) in [5, 5.41) is 5.61. The Labute approximate surface area is 156 Å². The molecule has 0 saturated heterocycles. The number of methoxy groups -OCH3 is 1. The number of sulfonamides is 1. The summed E-state index contributed by atoms with van der Waals surface area (Å²) in [7, 11) is -2.08. The third-order valence-corrected chi connectivity index (χ3v) is 4.87. The largest absolute Gasteiger partial charge is 0.383 e. The first kappa shape index (κ1) is 23.8. The van der Waals surface area contributed by atoms with E-state index in [2.05, 4.69) is 15.4 Å². The molecule has 25 heavy (non-hydrogen) atoms. The van der Waals surface area contributed by atoms with Crippen molar-refractivity contribution in [2.75, 3.05) is 32.1 Å². The van der Waals surface area contributed by atoms with Crippen molar-refractivity contribution in [1.29, 1.82) is 0 Å². The molecule has 9 heteroatoms. The van der Waals surface area contributed by atoms with Gasteiger partial charge in [-0.15, -0.1) is 12.4 Å². The number of aryl methyl sites for hydroxylation is 1. The second kappa shape index (κ2) is 10.1. The molecule has 0 aliphatic carbocycles. The van der Waals surface area contributed by atoms with E-state index in [1.807, 2.05) is 0 Å². The molecule has 0 radical (unpaired) electrons. The maximum atomic E-state index is 12.5. The van der Waals surface area contributed by atoms with Crippen molar-refractivity contribution in [3.8, 4) is 0 Å². The fraction of sp³-hybridized carbons (Fsp3) is 0.562. The SMILES string of the molecule is COCCNCC(=O)Nc1ccc(C)c(S(=O)(=O)NC(C)(C)C)c1.Cl. The van der Waals surface area contributed by atoms with E-state index in [0.717, 1.165) is 0 Å². The van der Waals surface area contributed by atoms with Crippen molar-refractivity contribution in [2.24, 2.45) is 0 Å². The first-order valence-corrected chi connectivity index (χ1v) is 9.17. The number of benzene rings is 1. The maximum absolute atomic E-state index is 12.5. The third-order valence-electron chi connectivity index (χ3n) is 2.97. The number of ether oxygens (including phenoxy) is 1. The third kappa shape index (κ3) is 8.64. The van der Waals surface area contributed by atoms with E-state index >= 15 is 0 Å². The van der Waals surface area contributed by atoms with Gasteiger partial charge >= 0.3 is 0 Å². The molecule has 0 unspecified atom stereocenters. The Balaban J connectivity index is 0.00000576. The lowest BCUT2D eigenvalue weighted by atomic mass is 10.1. The van der Waals surface area contributed by atoms with Crippen LogP contribution in [0.25, 0.3) is 0 Å². The molecule has 0 saturated carbocycles. The van der Waals surface area contributed by atoms with Crippen LogP contribution < -0.4 is 15.4 Å². The number of hydrogen-bond acceptors (Lipinski definition) is 5. The highest BCUT2D eigenvalue weighted by atomic mass is 35.5. The summed E-state index contributed by atoms with van der Waals surface area (Å²) in [6.07, 6.45) is 0. The standard InChI is InChI=1S/C16H27N3O4S.ClH/c1-12-6-7-13(18-15(20)11-17-8-9-23-5)10-14(12)24(21,22)19-16(2,3)4;/h6-7,10,17,19H,8-9,11H2,1-5H3,(H,18,20);1H. The Morgan fingerprint density at radius 3 is 2.44 bits per heavy atom. The fourth-order valence-electron chi connectivity index (χ4n) is 2.01. The zero-order chi connectivity index (χ0) is 18.4. The molecule has 0 aliphatic heterocycles. The number of hydrogen-bond donors (Lipinski definition) is 3. The zero-order valence-corrected chi connectivity index (χ0v) is 16.9. The molecular formula is C16H28ClN3O4S. The summed E-state index contributed by atoms with van der Waals surface area (Å²) in [6.45, 7) is 8.24. The second-order valence-electron chi connectivity index (χ2n) is 6.55. The van der Waals surface area contributed by atoms with Gasteiger partial charge in [-0.1, -0.05) is 6.07 Å². The number of carbonyl (C=O) groups excluding carboxylic acids is 1. The Morgan fingerprint density at radius 1 is 1.24 bits per heavy atom. The van der Waals surface area contributed by atoms with Gasteiger partial charge in [-0.2, -0.15) is 0 Å². The van der Waals surface area contributed by atoms with Gasteiger partial charge in [0.05, 0.1) is 18.0 Å². The fourth-order valence-corrected chi connectivity index (χ4v) is 3.70. The number of halogens is 1. The minimum atomic E-state index is -3.66. The van der Waals surface area contributed by atoms with Crippen LogP contribution in [0.2, 0.25) is 0 Å². The van der Waals surface area contributed by atoms with Gasteiger partial charge in [-0.05, 0) is 45.4 Å². The van der Waals surface area contributed by atoms with E-state index in [0.29, 0.717) is 24.4 Å². The summed E-state index contributed by atoms with van der Waals surface area (Å²) >= 11 is 0. The quantitative estimate of drug-likeness (QED) is 0.584. The van der Waals surface area contributed by atoms with Gasteiger partial charge in [0.2, 0.25) is 15.9 Å². The number of carbonyl (C=O) groups is 1. The van der Waals surface area contributed by atoms with E-state index in [1.54, 1.807) is 46.9 Å². The summed E-state index contributed by atoms with van der Waals surface area (Å²) in [5.74, 6) is -0.248. The maximum Gasteiger partial charge on any atom is 0.241 e. The summed E-state index contributed by atoms with van der Waals surface area (Å²) in [5.41, 5.74) is 0.465. The van der Waals surface area contributed by atoms with Gasteiger partial charge in [-0.25, -0.2) is 13.1 Å². The molecule has 1 aromatic rings. The lowest BCUT2D eigenvalue weighted by molar-refractivity contribution is -0.115. The Bertz CT molecular complexity index is 672. The molecule has 144 valence electrons. The summed E-state index contributed by atoms with van der Waals surface area (Å²) in [4.78, 5) is 12.0. The smallest absolute Gasteiger partial charge is 0.241 e. The molecule has 0 fully saturated rings. The highest BCUT2D eigenvalue weighted by Crippen LogP contribution is 2.21. The number of amides is 1. The van der Waals surface area contributed by atoms with Crippen molar-refractivity contribution in [3.63, 3.8) is 0 Å². The normalized spacial score (nSPS) is 11.7. The predicted octanol–water partition coefficient (Wildman–Crippen LogP) is 1.67. The molecule has 0 spiro atoms. The average Bonchev–Trinajstić information content (AvgIpc) is 2.43. The van der Waals surface area contributed by atoms with Crippen molar-refractivity contribution in [2.45, 2.75) is 38.1 Å². The van der Waals surface area contributed by atoms with Crippen LogP contribution in [-0.2, 0) is 19.6 Å². The van der Waals surface area contributed by atoms with Gasteiger partial charge < -0.3 is 15.4 Å². The molecule has 1 rings (SSSR count). The van der Waals surface area contributed by atoms with Gasteiger partial charge in [0, 0.05) is 24.9 Å². The van der Waals surface area contributed by atoms with Crippen molar-refractivity contribution < 1.29 is 17.9 Å². The van der Waals surface area contributed by atoms with E-state index in [1.165, 1.54) is 6.07 Å². The van der Waals surface area contributed by atoms with Crippen molar-refractivity contribution in [1.82, 2.24) is 10.0 Å². The van der Waals surface area contributed by atoms with E-state index in [4.69, 9.17) is 4.74 Å². The Morgan fingerprint density at radius 2 is 1.88 bits per heavy atom. The predicted molar refractivity (Wildman–Crippen MR) is 102 cm³/mol. The minimum Gasteiger partial charge on any atom is -0.383 e. The monoisotopic (exact) mass is 393 g/mol. The van der Waals surface area contributed by atoms with Crippen LogP contribution in [0.4, 0.5) is 5.69 Å². The molecule has 1 amide bonds. The number of anilines is 1. The van der Waals surface area contributed by atoms with Crippen LogP contribution in [0.15, 0.2) is 23.1 Å². The van der Waals surface area contributed by atoms with E-state index < -0.39 is 15.6 Å². The van der Waals surface area contributed by atoms with Crippen molar-refractivity contribution >= 4 is 34.0 Å². The minimum absolute atomic E-state index is 0. The van der Waals surface area contributed by atoms with Gasteiger partial charge in [0.1, 0.15) is 0 Å². The van der Waals surface area contributed by atoms with Gasteiger partial charge in [0.25, 0.3) is 0 Å². The van der Waals surface area contributed by atoms with Crippen LogP contribution in [0, 0.1) is 6.92 Å². The van der Waals surface area contributed by atoms with Crippen LogP contribution in [0.5, 0.6) is 0 Å². The first-order valence-electron chi connectivity index (χ1n) is 7.69. The second-order valence-corrected chi connectivity index (χ2v) is 8.20. The molecule has 0 aliphatic rings. The van der Waals surface area contributed by atoms with Crippen LogP contribution >= 0.6 is 12.4 Å². The molecule has 0 heterocycles. The molecule has 0 atom stereocenters. The van der Waals surface area contributed by atoms with E-state index in [9.17, 15) is 13.2 Å². The van der Waals surface area contributed by atoms with E-state index in [-0.39, 0.29) is 29.8 Å². The summed E-state index contributed by atoms with van der Waals surface area (Å²) < 4.78 is 32.5. The van der Waals surface area contributed by atoms with Gasteiger partial charge in [-0.3, -0.25) is 4.79 Å². The molecule has 1 aromatic carbocycles. The zero-order valence-electron chi connectivity index (χ0n) is 15.3. The van der Waals surface area contributed by atoms with Crippen LogP contribution in [-0.4, -0.2) is 46.7 Å². The topological polar surface area (TPSA) is 96.5 Å². The molecule has 0 aromatic heterocycles. The number of rotatable bonds is 8. The molecule has 0 bridgehead atoms.